The van der Waals surface area contributed by atoms with Crippen LogP contribution in [0.4, 0.5) is 0 Å². The van der Waals surface area contributed by atoms with Crippen LogP contribution in [0.3, 0.4) is 0 Å². The van der Waals surface area contributed by atoms with Crippen molar-refractivity contribution in [2.45, 2.75) is 17.4 Å². The van der Waals surface area contributed by atoms with Crippen LogP contribution in [0.5, 0.6) is 0 Å². The first-order chi connectivity index (χ1) is 12.6. The van der Waals surface area contributed by atoms with Crippen LogP contribution >= 0.6 is 11.8 Å². The van der Waals surface area contributed by atoms with E-state index in [9.17, 15) is 8.42 Å². The molecule has 0 amide bonds. The second kappa shape index (κ2) is 7.42. The molecule has 136 valence electrons. The highest BCUT2D eigenvalue weighted by atomic mass is 32.2. The smallest absolute Gasteiger partial charge is 0.220 e. The zero-order chi connectivity index (χ0) is 18.0. The van der Waals surface area contributed by atoms with Crippen LogP contribution in [-0.4, -0.2) is 36.7 Å². The topological polar surface area (TPSA) is 63.4 Å². The Kier molecular flexibility index (Phi) is 5.02. The van der Waals surface area contributed by atoms with Crippen molar-refractivity contribution in [2.24, 2.45) is 0 Å². The van der Waals surface area contributed by atoms with Crippen molar-refractivity contribution in [2.75, 3.05) is 18.8 Å². The fraction of sp³-hybridized carbons (Fsp3) is 0.316. The minimum absolute atomic E-state index is 0.120. The number of nitrogens with zero attached hydrogens (tertiary/aromatic N) is 2. The van der Waals surface area contributed by atoms with Gasteiger partial charge in [0.05, 0.1) is 0 Å². The Bertz CT molecular complexity index is 986. The van der Waals surface area contributed by atoms with E-state index in [2.05, 4.69) is 17.3 Å². The van der Waals surface area contributed by atoms with E-state index in [1.165, 1.54) is 5.56 Å². The zero-order valence-electron chi connectivity index (χ0n) is 14.2. The number of sulfonamides is 1. The van der Waals surface area contributed by atoms with Gasteiger partial charge in [0.15, 0.2) is 5.58 Å². The molecular weight excluding hydrogens is 368 g/mol. The quantitative estimate of drug-likeness (QED) is 0.679. The van der Waals surface area contributed by atoms with E-state index in [1.54, 1.807) is 10.4 Å². The average Bonchev–Trinajstić information content (AvgIpc) is 2.89. The molecule has 1 atom stereocenters. The standard InChI is InChI=1S/C19H20N2O3S2/c22-26(23,14-17-16-8-4-5-9-18(16)24-20-17)21-11-10-19(25-13-12-21)15-6-2-1-3-7-15/h1-9,19H,10-14H2. The summed E-state index contributed by atoms with van der Waals surface area (Å²) >= 11 is 1.83. The largest absolute Gasteiger partial charge is 0.356 e. The highest BCUT2D eigenvalue weighted by Crippen LogP contribution is 2.35. The summed E-state index contributed by atoms with van der Waals surface area (Å²) in [5.41, 5.74) is 2.37. The maximum absolute atomic E-state index is 12.9. The van der Waals surface area contributed by atoms with Gasteiger partial charge < -0.3 is 4.52 Å². The summed E-state index contributed by atoms with van der Waals surface area (Å²) in [6.07, 6.45) is 0.813. The second-order valence-electron chi connectivity index (χ2n) is 6.34. The maximum Gasteiger partial charge on any atom is 0.220 e. The summed E-state index contributed by atoms with van der Waals surface area (Å²) in [6.45, 7) is 1.07. The fourth-order valence-corrected chi connectivity index (χ4v) is 6.11. The van der Waals surface area contributed by atoms with Crippen LogP contribution in [0.15, 0.2) is 59.1 Å². The molecule has 0 aliphatic carbocycles. The van der Waals surface area contributed by atoms with Gasteiger partial charge in [-0.05, 0) is 24.1 Å². The summed E-state index contributed by atoms with van der Waals surface area (Å²) in [4.78, 5) is 0. The molecule has 4 rings (SSSR count). The normalized spacial score (nSPS) is 19.5. The monoisotopic (exact) mass is 388 g/mol. The lowest BCUT2D eigenvalue weighted by Crippen LogP contribution is -2.34. The molecule has 0 bridgehead atoms. The SMILES string of the molecule is O=S(=O)(Cc1noc2ccccc12)N1CCSC(c2ccccc2)CC1. The molecule has 0 spiro atoms. The van der Waals surface area contributed by atoms with E-state index in [0.717, 1.165) is 17.6 Å². The molecule has 5 nitrogen and oxygen atoms in total. The Balaban J connectivity index is 1.49. The van der Waals surface area contributed by atoms with Crippen molar-refractivity contribution in [3.63, 3.8) is 0 Å². The lowest BCUT2D eigenvalue weighted by atomic mass is 10.1. The zero-order valence-corrected chi connectivity index (χ0v) is 15.9. The molecule has 2 heterocycles. The molecule has 1 fully saturated rings. The van der Waals surface area contributed by atoms with Gasteiger partial charge in [0.1, 0.15) is 11.4 Å². The molecule has 26 heavy (non-hydrogen) atoms. The van der Waals surface area contributed by atoms with Gasteiger partial charge in [0.25, 0.3) is 0 Å². The third kappa shape index (κ3) is 3.65. The fourth-order valence-electron chi connectivity index (χ4n) is 3.27. The van der Waals surface area contributed by atoms with E-state index in [-0.39, 0.29) is 5.75 Å². The van der Waals surface area contributed by atoms with Gasteiger partial charge in [0.2, 0.25) is 10.0 Å². The molecule has 1 aliphatic rings. The first kappa shape index (κ1) is 17.6. The van der Waals surface area contributed by atoms with Crippen molar-refractivity contribution in [3.05, 3.63) is 65.9 Å². The van der Waals surface area contributed by atoms with Gasteiger partial charge >= 0.3 is 0 Å². The summed E-state index contributed by atoms with van der Waals surface area (Å²) in [7, 11) is -3.43. The number of benzene rings is 2. The number of para-hydroxylation sites is 1. The molecule has 3 aromatic rings. The van der Waals surface area contributed by atoms with Gasteiger partial charge in [-0.1, -0.05) is 47.6 Å². The van der Waals surface area contributed by atoms with Crippen LogP contribution in [0.25, 0.3) is 11.0 Å². The third-order valence-electron chi connectivity index (χ3n) is 4.64. The Morgan fingerprint density at radius 2 is 1.85 bits per heavy atom. The van der Waals surface area contributed by atoms with Crippen LogP contribution in [0, 0.1) is 0 Å². The Morgan fingerprint density at radius 1 is 1.08 bits per heavy atom. The number of rotatable bonds is 4. The predicted molar refractivity (Wildman–Crippen MR) is 104 cm³/mol. The van der Waals surface area contributed by atoms with E-state index in [0.29, 0.717) is 29.6 Å². The molecule has 1 unspecified atom stereocenters. The van der Waals surface area contributed by atoms with E-state index >= 15 is 0 Å². The van der Waals surface area contributed by atoms with Crippen molar-refractivity contribution < 1.29 is 12.9 Å². The van der Waals surface area contributed by atoms with Crippen molar-refractivity contribution >= 4 is 32.8 Å². The number of hydrogen-bond donors (Lipinski definition) is 0. The molecule has 1 aliphatic heterocycles. The highest BCUT2D eigenvalue weighted by molar-refractivity contribution is 7.99. The Labute approximate surface area is 157 Å². The number of hydrogen-bond acceptors (Lipinski definition) is 5. The number of aromatic nitrogens is 1. The maximum atomic E-state index is 12.9. The molecular formula is C19H20N2O3S2. The minimum Gasteiger partial charge on any atom is -0.356 e. The molecule has 1 aromatic heterocycles. The Hall–Kier alpha value is -1.83. The third-order valence-corrected chi connectivity index (χ3v) is 7.76. The first-order valence-electron chi connectivity index (χ1n) is 8.61. The van der Waals surface area contributed by atoms with Gasteiger partial charge in [-0.25, -0.2) is 12.7 Å². The predicted octanol–water partition coefficient (Wildman–Crippen LogP) is 3.84. The lowest BCUT2D eigenvalue weighted by Gasteiger charge is -2.19. The Morgan fingerprint density at radius 3 is 2.69 bits per heavy atom. The molecule has 2 aromatic carbocycles. The average molecular weight is 389 g/mol. The van der Waals surface area contributed by atoms with Gasteiger partial charge in [-0.2, -0.15) is 11.8 Å². The van der Waals surface area contributed by atoms with Crippen molar-refractivity contribution in [1.29, 1.82) is 0 Å². The number of fused-ring (bicyclic) bond motifs is 1. The highest BCUT2D eigenvalue weighted by Gasteiger charge is 2.28. The van der Waals surface area contributed by atoms with Crippen molar-refractivity contribution in [1.82, 2.24) is 9.46 Å². The lowest BCUT2D eigenvalue weighted by molar-refractivity contribution is 0.422. The summed E-state index contributed by atoms with van der Waals surface area (Å²) in [6, 6.07) is 17.7. The van der Waals surface area contributed by atoms with Gasteiger partial charge in [-0.15, -0.1) is 0 Å². The van der Waals surface area contributed by atoms with Crippen LogP contribution < -0.4 is 0 Å². The van der Waals surface area contributed by atoms with E-state index < -0.39 is 10.0 Å². The summed E-state index contributed by atoms with van der Waals surface area (Å²) in [5, 5.41) is 5.08. The molecule has 0 N–H and O–H groups in total. The van der Waals surface area contributed by atoms with E-state index in [4.69, 9.17) is 4.52 Å². The summed E-state index contributed by atoms with van der Waals surface area (Å²) in [5.74, 6) is 0.670. The van der Waals surface area contributed by atoms with Crippen molar-refractivity contribution in [3.8, 4) is 0 Å². The number of thioether (sulfide) groups is 1. The minimum atomic E-state index is -3.43. The van der Waals surface area contributed by atoms with Gasteiger partial charge in [-0.3, -0.25) is 0 Å². The van der Waals surface area contributed by atoms with Crippen LogP contribution in [0.1, 0.15) is 22.9 Å². The first-order valence-corrected chi connectivity index (χ1v) is 11.3. The van der Waals surface area contributed by atoms with E-state index in [1.807, 2.05) is 48.2 Å². The van der Waals surface area contributed by atoms with Gasteiger partial charge in [0, 0.05) is 29.5 Å². The van der Waals surface area contributed by atoms with Crippen LogP contribution in [-0.2, 0) is 15.8 Å². The van der Waals surface area contributed by atoms with Crippen LogP contribution in [0.2, 0.25) is 0 Å². The summed E-state index contributed by atoms with van der Waals surface area (Å²) < 4.78 is 32.7. The molecule has 1 saturated heterocycles. The second-order valence-corrected chi connectivity index (χ2v) is 9.62. The molecule has 0 radical (unpaired) electrons. The molecule has 7 heteroatoms. The molecule has 0 saturated carbocycles.